The predicted molar refractivity (Wildman–Crippen MR) is 88.2 cm³/mol. The van der Waals surface area contributed by atoms with Crippen LogP contribution in [0.3, 0.4) is 0 Å². The van der Waals surface area contributed by atoms with Gasteiger partial charge in [-0.1, -0.05) is 37.3 Å². The zero-order chi connectivity index (χ0) is 16.1. The zero-order valence-electron chi connectivity index (χ0n) is 12.9. The fraction of sp³-hybridized carbons (Fsp3) is 0.222. The molecule has 0 unspecified atom stereocenters. The topological polar surface area (TPSA) is 59.9 Å². The lowest BCUT2D eigenvalue weighted by Gasteiger charge is -2.18. The van der Waals surface area contributed by atoms with Crippen molar-refractivity contribution < 1.29 is 14.3 Å². The fourth-order valence-corrected chi connectivity index (χ4v) is 2.35. The zero-order valence-corrected chi connectivity index (χ0v) is 12.9. The Labute approximate surface area is 134 Å². The maximum Gasteiger partial charge on any atom is 0.271 e. The molecule has 0 bridgehead atoms. The van der Waals surface area contributed by atoms with Crippen LogP contribution in [-0.4, -0.2) is 24.8 Å². The summed E-state index contributed by atoms with van der Waals surface area (Å²) >= 11 is 0. The molecule has 2 aromatic rings. The minimum atomic E-state index is -0.274. The van der Waals surface area contributed by atoms with Crippen molar-refractivity contribution in [1.82, 2.24) is 5.43 Å². The minimum Gasteiger partial charge on any atom is -0.486 e. The lowest BCUT2D eigenvalue weighted by atomic mass is 10.1. The molecule has 1 amide bonds. The third-order valence-electron chi connectivity index (χ3n) is 3.54. The first-order chi connectivity index (χ1) is 11.3. The van der Waals surface area contributed by atoms with Gasteiger partial charge in [0, 0.05) is 5.56 Å². The average molecular weight is 310 g/mol. The summed E-state index contributed by atoms with van der Waals surface area (Å²) in [4.78, 5) is 12.3. The first-order valence-electron chi connectivity index (χ1n) is 7.60. The number of benzene rings is 2. The summed E-state index contributed by atoms with van der Waals surface area (Å²) in [6.07, 6.45) is 0.728. The van der Waals surface area contributed by atoms with Gasteiger partial charge in [0.25, 0.3) is 5.91 Å². The number of nitrogens with one attached hydrogen (secondary N) is 1. The summed E-state index contributed by atoms with van der Waals surface area (Å²) in [6.45, 7) is 3.02. The Morgan fingerprint density at radius 3 is 2.52 bits per heavy atom. The molecule has 1 aliphatic rings. The van der Waals surface area contributed by atoms with Crippen LogP contribution in [-0.2, 0) is 0 Å². The van der Waals surface area contributed by atoms with Crippen molar-refractivity contribution in [2.24, 2.45) is 5.10 Å². The molecule has 5 heteroatoms. The highest BCUT2D eigenvalue weighted by molar-refractivity contribution is 6.02. The molecule has 23 heavy (non-hydrogen) atoms. The Bertz CT molecular complexity index is 726. The highest BCUT2D eigenvalue weighted by Gasteiger charge is 2.14. The Kier molecular flexibility index (Phi) is 4.57. The Hall–Kier alpha value is -2.82. The molecule has 0 fully saturated rings. The predicted octanol–water partition coefficient (Wildman–Crippen LogP) is 3.00. The second-order valence-corrected chi connectivity index (χ2v) is 5.08. The van der Waals surface area contributed by atoms with Crippen molar-refractivity contribution in [3.63, 3.8) is 0 Å². The second-order valence-electron chi connectivity index (χ2n) is 5.08. The van der Waals surface area contributed by atoms with Gasteiger partial charge in [0.15, 0.2) is 11.5 Å². The summed E-state index contributed by atoms with van der Waals surface area (Å²) in [5.74, 6) is 0.977. The van der Waals surface area contributed by atoms with Crippen molar-refractivity contribution in [3.05, 3.63) is 59.7 Å². The normalized spacial score (nSPS) is 13.5. The van der Waals surface area contributed by atoms with Gasteiger partial charge in [0.2, 0.25) is 0 Å². The minimum absolute atomic E-state index is 0.274. The number of rotatable bonds is 4. The van der Waals surface area contributed by atoms with Crippen LogP contribution in [0.4, 0.5) is 0 Å². The third-order valence-corrected chi connectivity index (χ3v) is 3.54. The molecule has 118 valence electrons. The van der Waals surface area contributed by atoms with Crippen molar-refractivity contribution in [2.75, 3.05) is 13.2 Å². The van der Waals surface area contributed by atoms with E-state index in [1.165, 1.54) is 0 Å². The standard InChI is InChI=1S/C18H18N2O3/c1-2-15(13-6-4-3-5-7-13)19-20-18(21)14-8-9-16-17(12-14)23-11-10-22-16/h3-9,12H,2,10-11H2,1H3,(H,20,21)/b19-15+. The van der Waals surface area contributed by atoms with E-state index in [2.05, 4.69) is 10.5 Å². The summed E-state index contributed by atoms with van der Waals surface area (Å²) in [5.41, 5.74) is 4.92. The lowest BCUT2D eigenvalue weighted by Crippen LogP contribution is -2.21. The third kappa shape index (κ3) is 3.51. The number of hydrogen-bond donors (Lipinski definition) is 1. The molecule has 0 saturated heterocycles. The number of ether oxygens (including phenoxy) is 2. The van der Waals surface area contributed by atoms with Crippen LogP contribution in [0.2, 0.25) is 0 Å². The summed E-state index contributed by atoms with van der Waals surface area (Å²) in [7, 11) is 0. The van der Waals surface area contributed by atoms with Gasteiger partial charge in [-0.3, -0.25) is 4.79 Å². The van der Waals surface area contributed by atoms with Crippen LogP contribution < -0.4 is 14.9 Å². The first-order valence-corrected chi connectivity index (χ1v) is 7.60. The first kappa shape index (κ1) is 15.1. The van der Waals surface area contributed by atoms with Gasteiger partial charge >= 0.3 is 0 Å². The van der Waals surface area contributed by atoms with E-state index < -0.39 is 0 Å². The van der Waals surface area contributed by atoms with Gasteiger partial charge in [-0.15, -0.1) is 0 Å². The molecule has 0 atom stereocenters. The molecule has 0 radical (unpaired) electrons. The van der Waals surface area contributed by atoms with Gasteiger partial charge in [-0.2, -0.15) is 5.10 Å². The molecule has 0 aromatic heterocycles. The van der Waals surface area contributed by atoms with Gasteiger partial charge < -0.3 is 9.47 Å². The van der Waals surface area contributed by atoms with E-state index in [0.717, 1.165) is 17.7 Å². The van der Waals surface area contributed by atoms with Gasteiger partial charge in [0.05, 0.1) is 5.71 Å². The number of nitrogens with zero attached hydrogens (tertiary/aromatic N) is 1. The maximum atomic E-state index is 12.3. The summed E-state index contributed by atoms with van der Waals surface area (Å²) in [5, 5.41) is 4.25. The smallest absolute Gasteiger partial charge is 0.271 e. The van der Waals surface area contributed by atoms with Crippen LogP contribution in [0.5, 0.6) is 11.5 Å². The molecule has 5 nitrogen and oxygen atoms in total. The Balaban J connectivity index is 1.75. The van der Waals surface area contributed by atoms with Crippen molar-refractivity contribution in [1.29, 1.82) is 0 Å². The van der Waals surface area contributed by atoms with Crippen LogP contribution in [0, 0.1) is 0 Å². The molecule has 0 aliphatic carbocycles. The van der Waals surface area contributed by atoms with Crippen LogP contribution >= 0.6 is 0 Å². The number of hydrazone groups is 1. The quantitative estimate of drug-likeness (QED) is 0.697. The molecule has 3 rings (SSSR count). The molecule has 0 saturated carbocycles. The number of hydrogen-bond acceptors (Lipinski definition) is 4. The van der Waals surface area contributed by atoms with E-state index in [1.807, 2.05) is 37.3 Å². The molecule has 1 N–H and O–H groups in total. The Morgan fingerprint density at radius 2 is 1.78 bits per heavy atom. The van der Waals surface area contributed by atoms with Crippen LogP contribution in [0.15, 0.2) is 53.6 Å². The van der Waals surface area contributed by atoms with Gasteiger partial charge in [-0.25, -0.2) is 5.43 Å². The number of amides is 1. The van der Waals surface area contributed by atoms with Gasteiger partial charge in [-0.05, 0) is 30.2 Å². The van der Waals surface area contributed by atoms with Crippen molar-refractivity contribution >= 4 is 11.6 Å². The second kappa shape index (κ2) is 6.96. The van der Waals surface area contributed by atoms with E-state index in [-0.39, 0.29) is 5.91 Å². The molecule has 2 aromatic carbocycles. The van der Waals surface area contributed by atoms with E-state index in [1.54, 1.807) is 18.2 Å². The van der Waals surface area contributed by atoms with Crippen LogP contribution in [0.1, 0.15) is 29.3 Å². The van der Waals surface area contributed by atoms with E-state index in [9.17, 15) is 4.79 Å². The highest BCUT2D eigenvalue weighted by Crippen LogP contribution is 2.30. The van der Waals surface area contributed by atoms with E-state index in [0.29, 0.717) is 30.3 Å². The maximum absolute atomic E-state index is 12.3. The van der Waals surface area contributed by atoms with Crippen molar-refractivity contribution in [3.8, 4) is 11.5 Å². The highest BCUT2D eigenvalue weighted by atomic mass is 16.6. The number of fused-ring (bicyclic) bond motifs is 1. The van der Waals surface area contributed by atoms with Gasteiger partial charge in [0.1, 0.15) is 13.2 Å². The molecular formula is C18H18N2O3. The van der Waals surface area contributed by atoms with Crippen LogP contribution in [0.25, 0.3) is 0 Å². The molecular weight excluding hydrogens is 292 g/mol. The van der Waals surface area contributed by atoms with E-state index >= 15 is 0 Å². The largest absolute Gasteiger partial charge is 0.486 e. The lowest BCUT2D eigenvalue weighted by molar-refractivity contribution is 0.0953. The number of carbonyl (C=O) groups is 1. The average Bonchev–Trinajstić information content (AvgIpc) is 2.62. The number of carbonyl (C=O) groups excluding carboxylic acids is 1. The molecule has 1 aliphatic heterocycles. The van der Waals surface area contributed by atoms with E-state index in [4.69, 9.17) is 9.47 Å². The van der Waals surface area contributed by atoms with Crippen molar-refractivity contribution in [2.45, 2.75) is 13.3 Å². The summed E-state index contributed by atoms with van der Waals surface area (Å²) < 4.78 is 10.9. The Morgan fingerprint density at radius 1 is 1.04 bits per heavy atom. The summed E-state index contributed by atoms with van der Waals surface area (Å²) in [6, 6.07) is 14.9. The fourth-order valence-electron chi connectivity index (χ4n) is 2.35. The monoisotopic (exact) mass is 310 g/mol. The molecule has 1 heterocycles. The SMILES string of the molecule is CC/C(=N\NC(=O)c1ccc2c(c1)OCCO2)c1ccccc1. The molecule has 0 spiro atoms.